The van der Waals surface area contributed by atoms with Crippen LogP contribution < -0.4 is 15.0 Å². The molecular weight excluding hydrogens is 374 g/mol. The van der Waals surface area contributed by atoms with Gasteiger partial charge in [-0.1, -0.05) is 0 Å². The van der Waals surface area contributed by atoms with Crippen molar-refractivity contribution in [2.75, 3.05) is 30.0 Å². The minimum atomic E-state index is -0.688. The Kier molecular flexibility index (Phi) is 6.43. The molecule has 0 atom stereocenters. The second-order valence-electron chi connectivity index (χ2n) is 6.33. The molecule has 0 bridgehead atoms. The number of hydrogen-bond donors (Lipinski definition) is 1. The number of nitrogens with one attached hydrogen (secondary N) is 1. The van der Waals surface area contributed by atoms with Crippen molar-refractivity contribution in [2.45, 2.75) is 12.8 Å². The first-order valence-corrected chi connectivity index (χ1v) is 9.04. The fourth-order valence-electron chi connectivity index (χ4n) is 2.80. The summed E-state index contributed by atoms with van der Waals surface area (Å²) in [5.41, 5.74) is 1.81. The van der Waals surface area contributed by atoms with E-state index >= 15 is 0 Å². The minimum absolute atomic E-state index is 0.0944. The maximum Gasteiger partial charge on any atom is 0.344 e. The first-order valence-electron chi connectivity index (χ1n) is 9.04. The first-order chi connectivity index (χ1) is 14.0. The van der Waals surface area contributed by atoms with E-state index < -0.39 is 18.5 Å². The lowest BCUT2D eigenvalue weighted by Gasteiger charge is -2.16. The van der Waals surface area contributed by atoms with E-state index in [1.54, 1.807) is 53.4 Å². The Bertz CT molecular complexity index is 932. The third-order valence-electron chi connectivity index (χ3n) is 4.24. The normalized spacial score (nSPS) is 12.9. The molecule has 1 saturated heterocycles. The van der Waals surface area contributed by atoms with E-state index in [0.29, 0.717) is 30.0 Å². The van der Waals surface area contributed by atoms with Crippen LogP contribution in [0.15, 0.2) is 48.5 Å². The van der Waals surface area contributed by atoms with Crippen LogP contribution in [0.1, 0.15) is 18.4 Å². The van der Waals surface area contributed by atoms with Crippen molar-refractivity contribution < 1.29 is 23.9 Å². The molecule has 1 fully saturated rings. The molecule has 2 aromatic carbocycles. The molecule has 2 aromatic rings. The second kappa shape index (κ2) is 9.37. The lowest BCUT2D eigenvalue weighted by molar-refractivity contribution is -0.149. The highest BCUT2D eigenvalue weighted by Gasteiger charge is 2.21. The molecule has 1 N–H and O–H groups in total. The number of nitrogens with zero attached hydrogens (tertiary/aromatic N) is 2. The number of rotatable bonds is 7. The number of ether oxygens (including phenoxy) is 2. The van der Waals surface area contributed by atoms with Crippen LogP contribution in [0.5, 0.6) is 5.75 Å². The zero-order valence-corrected chi connectivity index (χ0v) is 15.6. The summed E-state index contributed by atoms with van der Waals surface area (Å²) >= 11 is 0. The predicted molar refractivity (Wildman–Crippen MR) is 104 cm³/mol. The van der Waals surface area contributed by atoms with Crippen LogP contribution in [0.2, 0.25) is 0 Å². The van der Waals surface area contributed by atoms with Crippen LogP contribution in [0.3, 0.4) is 0 Å². The number of amides is 2. The van der Waals surface area contributed by atoms with Gasteiger partial charge in [0, 0.05) is 24.3 Å². The van der Waals surface area contributed by atoms with E-state index in [1.165, 1.54) is 0 Å². The maximum atomic E-state index is 11.9. The molecule has 1 aliphatic rings. The fraction of sp³-hybridized carbons (Fsp3) is 0.238. The van der Waals surface area contributed by atoms with Gasteiger partial charge >= 0.3 is 5.97 Å². The van der Waals surface area contributed by atoms with Crippen molar-refractivity contribution in [3.8, 4) is 11.8 Å². The average Bonchev–Trinajstić information content (AvgIpc) is 3.17. The van der Waals surface area contributed by atoms with Gasteiger partial charge in [-0.15, -0.1) is 0 Å². The summed E-state index contributed by atoms with van der Waals surface area (Å²) in [6.07, 6.45) is 1.40. The summed E-state index contributed by atoms with van der Waals surface area (Å²) in [6.45, 7) is -0.0926. The van der Waals surface area contributed by atoms with Gasteiger partial charge in [-0.25, -0.2) is 4.79 Å². The highest BCUT2D eigenvalue weighted by Crippen LogP contribution is 2.23. The Hall–Kier alpha value is -3.86. The van der Waals surface area contributed by atoms with E-state index in [1.807, 2.05) is 6.07 Å². The number of anilines is 2. The number of nitriles is 1. The van der Waals surface area contributed by atoms with E-state index in [0.717, 1.165) is 12.1 Å². The third kappa shape index (κ3) is 5.56. The number of carbonyl (C=O) groups excluding carboxylic acids is 3. The van der Waals surface area contributed by atoms with Crippen LogP contribution in [-0.4, -0.2) is 37.5 Å². The molecule has 0 unspecified atom stereocenters. The van der Waals surface area contributed by atoms with Gasteiger partial charge < -0.3 is 19.7 Å². The molecule has 8 nitrogen and oxygen atoms in total. The van der Waals surface area contributed by atoms with Crippen LogP contribution in [-0.2, 0) is 19.1 Å². The van der Waals surface area contributed by atoms with Gasteiger partial charge in [0.15, 0.2) is 13.2 Å². The molecule has 1 aliphatic heterocycles. The van der Waals surface area contributed by atoms with Crippen molar-refractivity contribution in [2.24, 2.45) is 0 Å². The number of esters is 1. The highest BCUT2D eigenvalue weighted by atomic mass is 16.6. The summed E-state index contributed by atoms with van der Waals surface area (Å²) < 4.78 is 10.1. The van der Waals surface area contributed by atoms with Gasteiger partial charge in [-0.05, 0) is 55.0 Å². The zero-order chi connectivity index (χ0) is 20.6. The molecule has 0 aliphatic carbocycles. The second-order valence-corrected chi connectivity index (χ2v) is 6.33. The van der Waals surface area contributed by atoms with Crippen molar-refractivity contribution in [3.63, 3.8) is 0 Å². The quantitative estimate of drug-likeness (QED) is 0.723. The van der Waals surface area contributed by atoms with Gasteiger partial charge in [-0.2, -0.15) is 5.26 Å². The molecule has 29 heavy (non-hydrogen) atoms. The molecule has 0 spiro atoms. The van der Waals surface area contributed by atoms with Crippen molar-refractivity contribution in [1.82, 2.24) is 0 Å². The van der Waals surface area contributed by atoms with Crippen molar-refractivity contribution in [3.05, 3.63) is 54.1 Å². The lowest BCUT2D eigenvalue weighted by atomic mass is 10.2. The first kappa shape index (κ1) is 19.9. The van der Waals surface area contributed by atoms with Crippen LogP contribution in [0, 0.1) is 11.3 Å². The summed E-state index contributed by atoms with van der Waals surface area (Å²) in [5.74, 6) is -0.659. The smallest absolute Gasteiger partial charge is 0.344 e. The zero-order valence-electron chi connectivity index (χ0n) is 15.6. The number of hydrogen-bond acceptors (Lipinski definition) is 6. The highest BCUT2D eigenvalue weighted by molar-refractivity contribution is 5.96. The van der Waals surface area contributed by atoms with Crippen LogP contribution in [0.25, 0.3) is 0 Å². The van der Waals surface area contributed by atoms with Gasteiger partial charge in [0.05, 0.1) is 11.6 Å². The van der Waals surface area contributed by atoms with Gasteiger partial charge in [0.1, 0.15) is 5.75 Å². The average molecular weight is 393 g/mol. The van der Waals surface area contributed by atoms with Crippen molar-refractivity contribution in [1.29, 1.82) is 5.26 Å². The van der Waals surface area contributed by atoms with Crippen molar-refractivity contribution >= 4 is 29.2 Å². The van der Waals surface area contributed by atoms with Gasteiger partial charge in [0.25, 0.3) is 5.91 Å². The summed E-state index contributed by atoms with van der Waals surface area (Å²) in [4.78, 5) is 37.1. The molecule has 2 amide bonds. The topological polar surface area (TPSA) is 109 Å². The standard InChI is InChI=1S/C21H19N3O5/c22-12-15-3-9-18(10-4-15)28-14-21(27)29-13-19(25)23-16-5-7-17(8-6-16)24-11-1-2-20(24)26/h3-10H,1-2,11,13-14H2,(H,23,25). The fourth-order valence-corrected chi connectivity index (χ4v) is 2.80. The predicted octanol–water partition coefficient (Wildman–Crippen LogP) is 2.25. The Morgan fingerprint density at radius 3 is 2.41 bits per heavy atom. The molecule has 1 heterocycles. The Labute approximate surface area is 167 Å². The molecule has 3 rings (SSSR count). The maximum absolute atomic E-state index is 11.9. The molecular formula is C21H19N3O5. The van der Waals surface area contributed by atoms with Crippen LogP contribution in [0.4, 0.5) is 11.4 Å². The Morgan fingerprint density at radius 2 is 1.79 bits per heavy atom. The third-order valence-corrected chi connectivity index (χ3v) is 4.24. The lowest BCUT2D eigenvalue weighted by Crippen LogP contribution is -2.24. The number of carbonyl (C=O) groups is 3. The summed E-state index contributed by atoms with van der Waals surface area (Å²) in [7, 11) is 0. The minimum Gasteiger partial charge on any atom is -0.482 e. The molecule has 0 aromatic heterocycles. The summed E-state index contributed by atoms with van der Waals surface area (Å²) in [5, 5.41) is 11.4. The Morgan fingerprint density at radius 1 is 1.07 bits per heavy atom. The Balaban J connectivity index is 1.40. The van der Waals surface area contributed by atoms with E-state index in [4.69, 9.17) is 14.7 Å². The van der Waals surface area contributed by atoms with E-state index in [2.05, 4.69) is 5.32 Å². The monoisotopic (exact) mass is 393 g/mol. The van der Waals surface area contributed by atoms with E-state index in [9.17, 15) is 14.4 Å². The molecule has 0 radical (unpaired) electrons. The molecule has 148 valence electrons. The van der Waals surface area contributed by atoms with Gasteiger partial charge in [0.2, 0.25) is 5.91 Å². The number of benzene rings is 2. The largest absolute Gasteiger partial charge is 0.482 e. The molecule has 0 saturated carbocycles. The van der Waals surface area contributed by atoms with Gasteiger partial charge in [-0.3, -0.25) is 9.59 Å². The van der Waals surface area contributed by atoms with Crippen LogP contribution >= 0.6 is 0 Å². The molecule has 8 heteroatoms. The van der Waals surface area contributed by atoms with E-state index in [-0.39, 0.29) is 12.5 Å². The summed E-state index contributed by atoms with van der Waals surface area (Å²) in [6, 6.07) is 15.2. The SMILES string of the molecule is N#Cc1ccc(OCC(=O)OCC(=O)Nc2ccc(N3CCCC3=O)cc2)cc1.